The maximum absolute atomic E-state index is 12.5. The van der Waals surface area contributed by atoms with Crippen molar-refractivity contribution in [2.75, 3.05) is 6.54 Å². The number of aromatic nitrogens is 2. The van der Waals surface area contributed by atoms with Crippen molar-refractivity contribution in [3.63, 3.8) is 0 Å². The average molecular weight is 316 g/mol. The van der Waals surface area contributed by atoms with E-state index in [2.05, 4.69) is 20.2 Å². The van der Waals surface area contributed by atoms with Crippen LogP contribution in [0, 0.1) is 12.3 Å². The smallest absolute Gasteiger partial charge is 0.260 e. The van der Waals surface area contributed by atoms with E-state index in [-0.39, 0.29) is 16.5 Å². The van der Waals surface area contributed by atoms with Crippen molar-refractivity contribution >= 4 is 10.0 Å². The van der Waals surface area contributed by atoms with Crippen molar-refractivity contribution < 1.29 is 8.42 Å². The van der Waals surface area contributed by atoms with Crippen LogP contribution in [0.4, 0.5) is 0 Å². The summed E-state index contributed by atoms with van der Waals surface area (Å²) in [4.78, 5) is 0. The molecule has 122 valence electrons. The Morgan fingerprint density at radius 2 is 1.95 bits per heavy atom. The summed E-state index contributed by atoms with van der Waals surface area (Å²) in [5.74, 6) is 0. The number of aromatic amines is 1. The lowest BCUT2D eigenvalue weighted by Crippen LogP contribution is -2.34. The van der Waals surface area contributed by atoms with Crippen LogP contribution in [0.5, 0.6) is 0 Å². The number of aryl methyl sites for hydroxylation is 1. The van der Waals surface area contributed by atoms with Gasteiger partial charge in [0, 0.05) is 30.4 Å². The van der Waals surface area contributed by atoms with Gasteiger partial charge in [0.25, 0.3) is 10.0 Å². The molecule has 0 saturated carbocycles. The SMILES string of the molecule is CCC(C)(C)CNS(=O)(=O)c1n[nH]c(C)c1CNC(C)C. The molecule has 0 spiro atoms. The summed E-state index contributed by atoms with van der Waals surface area (Å²) in [6.07, 6.45) is 0.900. The first-order chi connectivity index (χ1) is 9.59. The van der Waals surface area contributed by atoms with Crippen molar-refractivity contribution in [2.45, 2.75) is 65.6 Å². The molecule has 3 N–H and O–H groups in total. The lowest BCUT2D eigenvalue weighted by molar-refractivity contribution is 0.350. The predicted molar refractivity (Wildman–Crippen MR) is 84.6 cm³/mol. The Bertz CT molecular complexity index is 562. The molecule has 21 heavy (non-hydrogen) atoms. The summed E-state index contributed by atoms with van der Waals surface area (Å²) < 4.78 is 27.6. The summed E-state index contributed by atoms with van der Waals surface area (Å²) in [7, 11) is -3.59. The van der Waals surface area contributed by atoms with E-state index >= 15 is 0 Å². The Morgan fingerprint density at radius 1 is 1.33 bits per heavy atom. The van der Waals surface area contributed by atoms with Crippen molar-refractivity contribution in [2.24, 2.45) is 5.41 Å². The molecule has 0 bridgehead atoms. The number of nitrogens with one attached hydrogen (secondary N) is 3. The first-order valence-corrected chi connectivity index (χ1v) is 8.84. The standard InChI is InChI=1S/C14H28N4O2S/c1-7-14(5,6)9-16-21(19,20)13-12(8-15-10(2)3)11(4)17-18-13/h10,15-16H,7-9H2,1-6H3,(H,17,18). The van der Waals surface area contributed by atoms with Gasteiger partial charge in [0.05, 0.1) is 0 Å². The number of sulfonamides is 1. The monoisotopic (exact) mass is 316 g/mol. The summed E-state index contributed by atoms with van der Waals surface area (Å²) in [6.45, 7) is 12.9. The van der Waals surface area contributed by atoms with E-state index < -0.39 is 10.0 Å². The molecule has 1 aromatic heterocycles. The highest BCUT2D eigenvalue weighted by Crippen LogP contribution is 2.21. The Balaban J connectivity index is 2.93. The zero-order valence-corrected chi connectivity index (χ0v) is 14.7. The van der Waals surface area contributed by atoms with E-state index in [1.165, 1.54) is 0 Å². The summed E-state index contributed by atoms with van der Waals surface area (Å²) in [6, 6.07) is 0.279. The zero-order chi connectivity index (χ0) is 16.3. The van der Waals surface area contributed by atoms with Gasteiger partial charge in [-0.05, 0) is 18.8 Å². The van der Waals surface area contributed by atoms with Crippen LogP contribution in [0.15, 0.2) is 5.03 Å². The molecule has 1 heterocycles. The second-order valence-corrected chi connectivity index (χ2v) is 8.19. The van der Waals surface area contributed by atoms with E-state index in [1.54, 1.807) is 0 Å². The van der Waals surface area contributed by atoms with Gasteiger partial charge in [0.2, 0.25) is 0 Å². The highest BCUT2D eigenvalue weighted by atomic mass is 32.2. The van der Waals surface area contributed by atoms with Gasteiger partial charge >= 0.3 is 0 Å². The summed E-state index contributed by atoms with van der Waals surface area (Å²) in [5.41, 5.74) is 1.40. The van der Waals surface area contributed by atoms with Gasteiger partial charge in [-0.1, -0.05) is 34.6 Å². The molecule has 0 amide bonds. The third-order valence-corrected chi connectivity index (χ3v) is 5.05. The van der Waals surface area contributed by atoms with Crippen molar-refractivity contribution in [1.82, 2.24) is 20.2 Å². The maximum Gasteiger partial charge on any atom is 0.260 e. The highest BCUT2D eigenvalue weighted by molar-refractivity contribution is 7.89. The molecule has 0 unspecified atom stereocenters. The molecule has 0 saturated heterocycles. The van der Waals surface area contributed by atoms with Crippen LogP contribution in [0.25, 0.3) is 0 Å². The number of hydrogen-bond acceptors (Lipinski definition) is 4. The molecular weight excluding hydrogens is 288 g/mol. The molecule has 0 radical (unpaired) electrons. The van der Waals surface area contributed by atoms with Crippen molar-refractivity contribution in [3.8, 4) is 0 Å². The lowest BCUT2D eigenvalue weighted by Gasteiger charge is -2.22. The van der Waals surface area contributed by atoms with Crippen LogP contribution in [0.2, 0.25) is 0 Å². The first-order valence-electron chi connectivity index (χ1n) is 7.36. The minimum absolute atomic E-state index is 0.0746. The summed E-state index contributed by atoms with van der Waals surface area (Å²) in [5, 5.41) is 10.1. The largest absolute Gasteiger partial charge is 0.310 e. The molecule has 1 aromatic rings. The normalized spacial score (nSPS) is 13.1. The quantitative estimate of drug-likeness (QED) is 0.684. The molecule has 1 rings (SSSR count). The van der Waals surface area contributed by atoms with E-state index in [0.29, 0.717) is 18.7 Å². The molecule has 0 aliphatic heterocycles. The van der Waals surface area contributed by atoms with Crippen LogP contribution in [0.1, 0.15) is 52.3 Å². The second-order valence-electron chi connectivity index (χ2n) is 6.51. The molecule has 0 aliphatic rings. The second kappa shape index (κ2) is 6.89. The van der Waals surface area contributed by atoms with E-state index in [9.17, 15) is 8.42 Å². The fourth-order valence-corrected chi connectivity index (χ4v) is 3.08. The molecule has 7 heteroatoms. The van der Waals surface area contributed by atoms with Gasteiger partial charge in [-0.25, -0.2) is 13.1 Å². The predicted octanol–water partition coefficient (Wildman–Crippen LogP) is 1.93. The van der Waals surface area contributed by atoms with Crippen molar-refractivity contribution in [1.29, 1.82) is 0 Å². The summed E-state index contributed by atoms with van der Waals surface area (Å²) >= 11 is 0. The highest BCUT2D eigenvalue weighted by Gasteiger charge is 2.26. The van der Waals surface area contributed by atoms with Gasteiger partial charge in [-0.2, -0.15) is 5.10 Å². The van der Waals surface area contributed by atoms with E-state index in [1.807, 2.05) is 41.5 Å². The van der Waals surface area contributed by atoms with Crippen molar-refractivity contribution in [3.05, 3.63) is 11.3 Å². The molecule has 6 nitrogen and oxygen atoms in total. The average Bonchev–Trinajstić information content (AvgIpc) is 2.76. The number of nitrogens with zero attached hydrogens (tertiary/aromatic N) is 1. The number of rotatable bonds is 8. The molecule has 0 aromatic carbocycles. The molecule has 0 atom stereocenters. The fraction of sp³-hybridized carbons (Fsp3) is 0.786. The molecule has 0 aliphatic carbocycles. The third-order valence-electron chi connectivity index (χ3n) is 3.68. The Labute approximate surface area is 128 Å². The van der Waals surface area contributed by atoms with Gasteiger partial charge in [0.1, 0.15) is 0 Å². The third kappa shape index (κ3) is 5.09. The Kier molecular flexibility index (Phi) is 5.95. The van der Waals surface area contributed by atoms with Gasteiger partial charge in [-0.15, -0.1) is 0 Å². The number of H-pyrrole nitrogens is 1. The number of hydrogen-bond donors (Lipinski definition) is 3. The van der Waals surface area contributed by atoms with Gasteiger partial charge in [0.15, 0.2) is 5.03 Å². The van der Waals surface area contributed by atoms with E-state index in [4.69, 9.17) is 0 Å². The van der Waals surface area contributed by atoms with Crippen LogP contribution in [0.3, 0.4) is 0 Å². The minimum atomic E-state index is -3.59. The van der Waals surface area contributed by atoms with Crippen LogP contribution in [-0.4, -0.2) is 31.2 Å². The van der Waals surface area contributed by atoms with Gasteiger partial charge < -0.3 is 5.32 Å². The Morgan fingerprint density at radius 3 is 2.48 bits per heavy atom. The molecule has 0 fully saturated rings. The topological polar surface area (TPSA) is 86.9 Å². The zero-order valence-electron chi connectivity index (χ0n) is 13.9. The molecular formula is C14H28N4O2S. The van der Waals surface area contributed by atoms with Crippen LogP contribution < -0.4 is 10.0 Å². The van der Waals surface area contributed by atoms with E-state index in [0.717, 1.165) is 12.1 Å². The van der Waals surface area contributed by atoms with Gasteiger partial charge in [-0.3, -0.25) is 5.10 Å². The minimum Gasteiger partial charge on any atom is -0.310 e. The first kappa shape index (κ1) is 18.1. The Hall–Kier alpha value is -0.920. The van der Waals surface area contributed by atoms with Crippen LogP contribution in [-0.2, 0) is 16.6 Å². The lowest BCUT2D eigenvalue weighted by atomic mass is 9.91. The fourth-order valence-electron chi connectivity index (χ4n) is 1.65. The van der Waals surface area contributed by atoms with Crippen LogP contribution >= 0.6 is 0 Å². The maximum atomic E-state index is 12.5.